The molecule has 0 heterocycles. The minimum Gasteiger partial charge on any atom is -0.466 e. The summed E-state index contributed by atoms with van der Waals surface area (Å²) in [6, 6.07) is 0. The molecular formula is C39H71NO10. The van der Waals surface area contributed by atoms with Gasteiger partial charge in [-0.15, -0.1) is 0 Å². The van der Waals surface area contributed by atoms with Crippen LogP contribution in [0.4, 0.5) is 0 Å². The fraction of sp³-hybridized carbons (Fsp3) is 0.872. The van der Waals surface area contributed by atoms with E-state index in [0.29, 0.717) is 25.8 Å². The SMILES string of the molecule is CCCCCCCCC(=O)OCCCOC(=O)CCNCCC(=O)OCC(COC(=O)CCCCCCCC)OC(=O)CCCCCCCC. The van der Waals surface area contributed by atoms with Crippen LogP contribution < -0.4 is 5.32 Å². The van der Waals surface area contributed by atoms with E-state index in [1.807, 2.05) is 0 Å². The van der Waals surface area contributed by atoms with Gasteiger partial charge in [-0.05, 0) is 19.3 Å². The maximum atomic E-state index is 12.5. The standard InChI is InChI=1S/C39H71NO10/c1-4-7-10-13-16-19-23-35(41)46-30-22-31-47-37(43)26-28-40-29-27-38(44)49-33-34(50-39(45)25-21-18-15-12-9-6-3)32-48-36(42)24-20-17-14-11-8-5-2/h34,40H,4-33H2,1-3H3. The van der Waals surface area contributed by atoms with Gasteiger partial charge >= 0.3 is 29.8 Å². The minimum absolute atomic E-state index is 0.0510. The Morgan fingerprint density at radius 1 is 0.400 bits per heavy atom. The van der Waals surface area contributed by atoms with Crippen LogP contribution in [-0.2, 0) is 47.7 Å². The van der Waals surface area contributed by atoms with Gasteiger partial charge in [0.1, 0.15) is 13.2 Å². The molecule has 11 nitrogen and oxygen atoms in total. The van der Waals surface area contributed by atoms with Crippen molar-refractivity contribution in [1.29, 1.82) is 0 Å². The molecule has 0 aliphatic heterocycles. The van der Waals surface area contributed by atoms with Gasteiger partial charge in [0.2, 0.25) is 0 Å². The lowest BCUT2D eigenvalue weighted by molar-refractivity contribution is -0.166. The molecule has 1 atom stereocenters. The van der Waals surface area contributed by atoms with Gasteiger partial charge in [-0.25, -0.2) is 0 Å². The quantitative estimate of drug-likeness (QED) is 0.0382. The second kappa shape index (κ2) is 36.1. The number of unbranched alkanes of at least 4 members (excludes halogenated alkanes) is 15. The summed E-state index contributed by atoms with van der Waals surface area (Å²) in [5, 5.41) is 3.01. The van der Waals surface area contributed by atoms with E-state index in [9.17, 15) is 24.0 Å². The normalized spacial score (nSPS) is 11.5. The highest BCUT2D eigenvalue weighted by Gasteiger charge is 2.19. The van der Waals surface area contributed by atoms with Crippen LogP contribution in [0.2, 0.25) is 0 Å². The van der Waals surface area contributed by atoms with E-state index < -0.39 is 18.0 Å². The summed E-state index contributed by atoms with van der Waals surface area (Å²) in [6.07, 6.45) is 20.0. The molecule has 0 aromatic carbocycles. The summed E-state index contributed by atoms with van der Waals surface area (Å²) >= 11 is 0. The third-order valence-corrected chi connectivity index (χ3v) is 8.19. The van der Waals surface area contributed by atoms with Crippen LogP contribution in [0.1, 0.15) is 175 Å². The molecule has 1 unspecified atom stereocenters. The number of hydrogen-bond acceptors (Lipinski definition) is 11. The lowest BCUT2D eigenvalue weighted by Gasteiger charge is -2.18. The summed E-state index contributed by atoms with van der Waals surface area (Å²) in [5.41, 5.74) is 0. The molecule has 1 N–H and O–H groups in total. The molecule has 0 saturated carbocycles. The zero-order valence-corrected chi connectivity index (χ0v) is 31.9. The first-order chi connectivity index (χ1) is 24.3. The smallest absolute Gasteiger partial charge is 0.307 e. The van der Waals surface area contributed by atoms with Crippen LogP contribution in [-0.4, -0.2) is 75.5 Å². The monoisotopic (exact) mass is 714 g/mol. The predicted molar refractivity (Wildman–Crippen MR) is 194 cm³/mol. The first kappa shape index (κ1) is 47.3. The number of esters is 5. The van der Waals surface area contributed by atoms with E-state index in [4.69, 9.17) is 23.7 Å². The highest BCUT2D eigenvalue weighted by atomic mass is 16.6. The Morgan fingerprint density at radius 3 is 1.18 bits per heavy atom. The molecule has 50 heavy (non-hydrogen) atoms. The number of nitrogens with one attached hydrogen (secondary N) is 1. The van der Waals surface area contributed by atoms with Gasteiger partial charge in [0.25, 0.3) is 0 Å². The molecule has 0 spiro atoms. The Hall–Kier alpha value is -2.69. The van der Waals surface area contributed by atoms with E-state index in [-0.39, 0.29) is 70.1 Å². The highest BCUT2D eigenvalue weighted by molar-refractivity contribution is 5.71. The van der Waals surface area contributed by atoms with E-state index in [1.54, 1.807) is 0 Å². The molecule has 11 heteroatoms. The van der Waals surface area contributed by atoms with Gasteiger partial charge < -0.3 is 29.0 Å². The molecule has 0 rings (SSSR count). The topological polar surface area (TPSA) is 144 Å². The fourth-order valence-corrected chi connectivity index (χ4v) is 5.11. The van der Waals surface area contributed by atoms with Crippen LogP contribution in [0.25, 0.3) is 0 Å². The number of ether oxygens (including phenoxy) is 5. The molecule has 0 bridgehead atoms. The van der Waals surface area contributed by atoms with Crippen molar-refractivity contribution in [3.8, 4) is 0 Å². The highest BCUT2D eigenvalue weighted by Crippen LogP contribution is 2.11. The Balaban J connectivity index is 4.22. The van der Waals surface area contributed by atoms with Crippen LogP contribution in [0.15, 0.2) is 0 Å². The van der Waals surface area contributed by atoms with Crippen molar-refractivity contribution in [3.63, 3.8) is 0 Å². The molecule has 0 aliphatic rings. The van der Waals surface area contributed by atoms with Gasteiger partial charge in [-0.1, -0.05) is 117 Å². The Kier molecular flexibility index (Phi) is 34.2. The van der Waals surface area contributed by atoms with E-state index >= 15 is 0 Å². The molecule has 0 aromatic heterocycles. The molecule has 0 radical (unpaired) electrons. The summed E-state index contributed by atoms with van der Waals surface area (Å²) < 4.78 is 26.6. The van der Waals surface area contributed by atoms with Gasteiger partial charge in [0, 0.05) is 38.8 Å². The first-order valence-corrected chi connectivity index (χ1v) is 19.8. The third kappa shape index (κ3) is 33.8. The molecule has 0 fully saturated rings. The lowest BCUT2D eigenvalue weighted by Crippen LogP contribution is -2.31. The molecule has 0 aromatic rings. The second-order valence-electron chi connectivity index (χ2n) is 13.1. The van der Waals surface area contributed by atoms with Gasteiger partial charge in [0.15, 0.2) is 6.10 Å². The Labute approximate surface area is 303 Å². The number of hydrogen-bond donors (Lipinski definition) is 1. The summed E-state index contributed by atoms with van der Waals surface area (Å²) in [7, 11) is 0. The van der Waals surface area contributed by atoms with E-state index in [1.165, 1.54) is 38.5 Å². The number of carbonyl (C=O) groups excluding carboxylic acids is 5. The molecule has 0 amide bonds. The summed E-state index contributed by atoms with van der Waals surface area (Å²) in [4.78, 5) is 60.8. The molecule has 0 saturated heterocycles. The van der Waals surface area contributed by atoms with Gasteiger partial charge in [0.05, 0.1) is 26.1 Å². The largest absolute Gasteiger partial charge is 0.466 e. The molecular weight excluding hydrogens is 642 g/mol. The maximum absolute atomic E-state index is 12.5. The Bertz CT molecular complexity index is 866. The Morgan fingerprint density at radius 2 is 0.740 bits per heavy atom. The average molecular weight is 714 g/mol. The van der Waals surface area contributed by atoms with Crippen molar-refractivity contribution >= 4 is 29.8 Å². The fourth-order valence-electron chi connectivity index (χ4n) is 5.11. The number of carbonyl (C=O) groups is 5. The first-order valence-electron chi connectivity index (χ1n) is 19.8. The van der Waals surface area contributed by atoms with E-state index in [2.05, 4.69) is 26.1 Å². The lowest BCUT2D eigenvalue weighted by atomic mass is 10.1. The van der Waals surface area contributed by atoms with E-state index in [0.717, 1.165) is 77.0 Å². The minimum atomic E-state index is -0.869. The van der Waals surface area contributed by atoms with Crippen molar-refractivity contribution in [2.24, 2.45) is 0 Å². The van der Waals surface area contributed by atoms with Crippen molar-refractivity contribution in [2.45, 2.75) is 181 Å². The zero-order valence-electron chi connectivity index (χ0n) is 31.9. The van der Waals surface area contributed by atoms with Crippen molar-refractivity contribution in [3.05, 3.63) is 0 Å². The van der Waals surface area contributed by atoms with Crippen LogP contribution in [0.5, 0.6) is 0 Å². The molecule has 0 aliphatic carbocycles. The van der Waals surface area contributed by atoms with Crippen molar-refractivity contribution in [1.82, 2.24) is 5.32 Å². The van der Waals surface area contributed by atoms with Crippen LogP contribution in [0.3, 0.4) is 0 Å². The van der Waals surface area contributed by atoms with Gasteiger partial charge in [-0.2, -0.15) is 0 Å². The summed E-state index contributed by atoms with van der Waals surface area (Å²) in [6.45, 7) is 7.14. The maximum Gasteiger partial charge on any atom is 0.307 e. The van der Waals surface area contributed by atoms with Crippen molar-refractivity contribution in [2.75, 3.05) is 39.5 Å². The average Bonchev–Trinajstić information content (AvgIpc) is 3.10. The zero-order chi connectivity index (χ0) is 36.9. The predicted octanol–water partition coefficient (Wildman–Crippen LogP) is 8.08. The van der Waals surface area contributed by atoms with Crippen LogP contribution in [0, 0.1) is 0 Å². The second-order valence-corrected chi connectivity index (χ2v) is 13.1. The summed E-state index contributed by atoms with van der Waals surface area (Å²) in [5.74, 6) is -1.84. The van der Waals surface area contributed by atoms with Gasteiger partial charge in [-0.3, -0.25) is 24.0 Å². The van der Waals surface area contributed by atoms with Crippen molar-refractivity contribution < 1.29 is 47.7 Å². The molecule has 292 valence electrons. The van der Waals surface area contributed by atoms with Crippen LogP contribution >= 0.6 is 0 Å². The third-order valence-electron chi connectivity index (χ3n) is 8.19. The number of rotatable bonds is 36.